The van der Waals surface area contributed by atoms with Crippen molar-refractivity contribution in [2.45, 2.75) is 0 Å². The highest BCUT2D eigenvalue weighted by Gasteiger charge is 2.07. The molecule has 0 aromatic heterocycles. The molecule has 0 saturated heterocycles. The molecule has 0 aliphatic rings. The van der Waals surface area contributed by atoms with Crippen molar-refractivity contribution in [2.75, 3.05) is 6.26 Å². The molecule has 2 aromatic carbocycles. The van der Waals surface area contributed by atoms with Crippen LogP contribution < -0.4 is 5.73 Å². The number of hydrogen-bond donors (Lipinski definition) is 1. The van der Waals surface area contributed by atoms with Crippen LogP contribution in [0.15, 0.2) is 54.6 Å². The van der Waals surface area contributed by atoms with Crippen LogP contribution in [0, 0.1) is 0 Å². The van der Waals surface area contributed by atoms with E-state index in [0.29, 0.717) is 5.56 Å². The van der Waals surface area contributed by atoms with Gasteiger partial charge in [0.1, 0.15) is 0 Å². The fourth-order valence-corrected chi connectivity index (χ4v) is 1.57. The van der Waals surface area contributed by atoms with Crippen LogP contribution in [0.5, 0.6) is 0 Å². The van der Waals surface area contributed by atoms with Gasteiger partial charge in [0.05, 0.1) is 0 Å². The van der Waals surface area contributed by atoms with Crippen LogP contribution >= 0.6 is 0 Å². The predicted octanol–water partition coefficient (Wildman–Crippen LogP) is 1.95. The number of amides is 1. The van der Waals surface area contributed by atoms with Gasteiger partial charge in [-0.15, -0.1) is 0 Å². The van der Waals surface area contributed by atoms with Gasteiger partial charge in [-0.1, -0.05) is 59.6 Å². The first-order valence-corrected chi connectivity index (χ1v) is 6.96. The number of carbonyl (C=O) groups excluding carboxylic acids is 1. The van der Waals surface area contributed by atoms with Crippen molar-refractivity contribution in [1.82, 2.24) is 0 Å². The molecule has 2 aromatic rings. The van der Waals surface area contributed by atoms with Crippen LogP contribution in [-0.4, -0.2) is 20.9 Å². The van der Waals surface area contributed by atoms with Crippen molar-refractivity contribution < 1.29 is 13.6 Å². The molecule has 5 heteroatoms. The van der Waals surface area contributed by atoms with Gasteiger partial charge in [0, 0.05) is 5.56 Å². The maximum Gasteiger partial charge on any atom is 0.249 e. The molecule has 0 aliphatic carbocycles. The Bertz CT molecular complexity index is 566. The molecule has 0 heterocycles. The predicted molar refractivity (Wildman–Crippen MR) is 75.2 cm³/mol. The monoisotopic (exact) mass is 276 g/mol. The number of primary amides is 1. The first-order chi connectivity index (χ1) is 9.02. The molecule has 2 rings (SSSR count). The summed E-state index contributed by atoms with van der Waals surface area (Å²) in [5.74, 6) is -0.394. The zero-order valence-electron chi connectivity index (χ0n) is 10.4. The lowest BCUT2D eigenvalue weighted by atomic mass is 9.99. The smallest absolute Gasteiger partial charge is 0.249 e. The van der Waals surface area contributed by atoms with Gasteiger partial charge < -0.3 is 10.3 Å². The average Bonchev–Trinajstić information content (AvgIpc) is 2.39. The number of hydrogen-bond acceptors (Lipinski definition) is 3. The van der Waals surface area contributed by atoms with E-state index < -0.39 is 17.0 Å². The van der Waals surface area contributed by atoms with E-state index in [1.807, 2.05) is 48.5 Å². The summed E-state index contributed by atoms with van der Waals surface area (Å²) in [4.78, 5) is 11.2. The molecule has 1 atom stereocenters. The molecule has 1 amide bonds. The normalized spacial score (nSPS) is 11.1. The molecule has 2 N–H and O–H groups in total. The zero-order valence-corrected chi connectivity index (χ0v) is 11.2. The minimum atomic E-state index is -1.86. The second-order valence-corrected chi connectivity index (χ2v) is 4.48. The Morgan fingerprint density at radius 2 is 1.53 bits per heavy atom. The molecule has 0 spiro atoms. The third kappa shape index (κ3) is 5.03. The van der Waals surface area contributed by atoms with E-state index in [4.69, 9.17) is 14.5 Å². The first-order valence-electron chi connectivity index (χ1n) is 5.47. The Labute approximate surface area is 114 Å². The van der Waals surface area contributed by atoms with Crippen molar-refractivity contribution in [3.8, 4) is 11.1 Å². The molecule has 4 nitrogen and oxygen atoms in total. The molecule has 0 bridgehead atoms. The van der Waals surface area contributed by atoms with Crippen LogP contribution in [0.4, 0.5) is 0 Å². The second kappa shape index (κ2) is 7.45. The lowest BCUT2D eigenvalue weighted by Crippen LogP contribution is -2.12. The minimum absolute atomic E-state index is 0.394. The van der Waals surface area contributed by atoms with Crippen molar-refractivity contribution in [3.05, 3.63) is 60.2 Å². The zero-order chi connectivity index (χ0) is 14.3. The number of nitrogens with two attached hydrogens (primary N) is 1. The summed E-state index contributed by atoms with van der Waals surface area (Å²) < 4.78 is 18.0. The minimum Gasteiger partial charge on any atom is -0.773 e. The van der Waals surface area contributed by atoms with Gasteiger partial charge in [0.15, 0.2) is 0 Å². The third-order valence-electron chi connectivity index (χ3n) is 2.28. The molecule has 1 unspecified atom stereocenters. The second-order valence-electron chi connectivity index (χ2n) is 3.68. The van der Waals surface area contributed by atoms with E-state index in [-0.39, 0.29) is 0 Å². The summed E-state index contributed by atoms with van der Waals surface area (Å²) in [6.07, 6.45) is 1.08. The quantitative estimate of drug-likeness (QED) is 0.851. The number of carbonyl (C=O) groups is 1. The fourth-order valence-electron chi connectivity index (χ4n) is 1.57. The number of benzene rings is 2. The van der Waals surface area contributed by atoms with Gasteiger partial charge in [0.2, 0.25) is 5.91 Å². The fraction of sp³-hybridized carbons (Fsp3) is 0.0714. The van der Waals surface area contributed by atoms with Crippen LogP contribution in [0.1, 0.15) is 10.4 Å². The first kappa shape index (κ1) is 15.1. The molecular formula is C14H14NO3S-. The van der Waals surface area contributed by atoms with Gasteiger partial charge >= 0.3 is 0 Å². The summed E-state index contributed by atoms with van der Waals surface area (Å²) in [7, 11) is 0. The van der Waals surface area contributed by atoms with Gasteiger partial charge in [-0.05, 0) is 23.4 Å². The molecular weight excluding hydrogens is 262 g/mol. The van der Waals surface area contributed by atoms with E-state index in [9.17, 15) is 4.79 Å². The summed E-state index contributed by atoms with van der Waals surface area (Å²) in [5.41, 5.74) is 7.76. The van der Waals surface area contributed by atoms with Gasteiger partial charge in [-0.3, -0.25) is 9.00 Å². The SMILES string of the molecule is CS(=O)[O-].NC(=O)c1ccccc1-c1ccccc1. The third-order valence-corrected chi connectivity index (χ3v) is 2.28. The molecule has 100 valence electrons. The summed E-state index contributed by atoms with van der Waals surface area (Å²) >= 11 is -1.86. The highest BCUT2D eigenvalue weighted by atomic mass is 32.2. The molecule has 0 saturated carbocycles. The average molecular weight is 276 g/mol. The lowest BCUT2D eigenvalue weighted by molar-refractivity contribution is 0.100. The summed E-state index contributed by atoms with van der Waals surface area (Å²) in [6.45, 7) is 0. The van der Waals surface area contributed by atoms with Gasteiger partial charge in [-0.25, -0.2) is 0 Å². The topological polar surface area (TPSA) is 83.2 Å². The number of rotatable bonds is 2. The van der Waals surface area contributed by atoms with E-state index in [1.54, 1.807) is 6.07 Å². The van der Waals surface area contributed by atoms with Crippen LogP contribution in [0.3, 0.4) is 0 Å². The van der Waals surface area contributed by atoms with Crippen LogP contribution in [0.2, 0.25) is 0 Å². The molecule has 0 radical (unpaired) electrons. The molecule has 0 aliphatic heterocycles. The van der Waals surface area contributed by atoms with Crippen molar-refractivity contribution >= 4 is 17.0 Å². The molecule has 0 fully saturated rings. The maximum absolute atomic E-state index is 11.2. The Balaban J connectivity index is 0.000000399. The van der Waals surface area contributed by atoms with Gasteiger partial charge in [-0.2, -0.15) is 0 Å². The lowest BCUT2D eigenvalue weighted by Gasteiger charge is -2.05. The van der Waals surface area contributed by atoms with E-state index in [1.165, 1.54) is 0 Å². The van der Waals surface area contributed by atoms with Crippen molar-refractivity contribution in [2.24, 2.45) is 5.73 Å². The van der Waals surface area contributed by atoms with Crippen LogP contribution in [0.25, 0.3) is 11.1 Å². The van der Waals surface area contributed by atoms with Gasteiger partial charge in [0.25, 0.3) is 0 Å². The standard InChI is InChI=1S/C13H11NO.CH4O2S/c14-13(15)12-9-5-4-8-11(12)10-6-2-1-3-7-10;1-4(2)3/h1-9H,(H2,14,15);1H3,(H,2,3)/p-1. The highest BCUT2D eigenvalue weighted by molar-refractivity contribution is 7.78. The Hall–Kier alpha value is -1.98. The van der Waals surface area contributed by atoms with E-state index >= 15 is 0 Å². The Kier molecular flexibility index (Phi) is 5.92. The maximum atomic E-state index is 11.2. The summed E-state index contributed by atoms with van der Waals surface area (Å²) in [6, 6.07) is 17.1. The van der Waals surface area contributed by atoms with E-state index in [2.05, 4.69) is 0 Å². The largest absolute Gasteiger partial charge is 0.773 e. The van der Waals surface area contributed by atoms with E-state index in [0.717, 1.165) is 17.4 Å². The van der Waals surface area contributed by atoms with Crippen molar-refractivity contribution in [3.63, 3.8) is 0 Å². The molecule has 19 heavy (non-hydrogen) atoms. The highest BCUT2D eigenvalue weighted by Crippen LogP contribution is 2.22. The van der Waals surface area contributed by atoms with Crippen molar-refractivity contribution in [1.29, 1.82) is 0 Å². The Morgan fingerprint density at radius 1 is 1.05 bits per heavy atom. The Morgan fingerprint density at radius 3 is 2.05 bits per heavy atom. The van der Waals surface area contributed by atoms with Crippen LogP contribution in [-0.2, 0) is 11.1 Å². The summed E-state index contributed by atoms with van der Waals surface area (Å²) in [5, 5.41) is 0.